The summed E-state index contributed by atoms with van der Waals surface area (Å²) in [5, 5.41) is 14.4. The van der Waals surface area contributed by atoms with Crippen LogP contribution in [0.4, 0.5) is 23.7 Å². The zero-order valence-corrected chi connectivity index (χ0v) is 13.3. The van der Waals surface area contributed by atoms with E-state index in [9.17, 15) is 23.1 Å². The molecule has 24 heavy (non-hydrogen) atoms. The lowest BCUT2D eigenvalue weighted by atomic mass is 10.1. The van der Waals surface area contributed by atoms with Gasteiger partial charge in [0.05, 0.1) is 24.0 Å². The van der Waals surface area contributed by atoms with E-state index in [0.29, 0.717) is 6.42 Å². The number of aliphatic hydroxyl groups excluding tert-OH is 1. The summed E-state index contributed by atoms with van der Waals surface area (Å²) in [7, 11) is 0. The van der Waals surface area contributed by atoms with Crippen molar-refractivity contribution >= 4 is 11.7 Å². The Morgan fingerprint density at radius 1 is 1.38 bits per heavy atom. The van der Waals surface area contributed by atoms with Crippen LogP contribution >= 0.6 is 0 Å². The number of hydrogen-bond acceptors (Lipinski definition) is 3. The molecular formula is C16H21F3N2O3. The Kier molecular flexibility index (Phi) is 5.93. The average molecular weight is 346 g/mol. The molecule has 0 radical (unpaired) electrons. The van der Waals surface area contributed by atoms with Crippen molar-refractivity contribution in [2.45, 2.75) is 38.5 Å². The van der Waals surface area contributed by atoms with Gasteiger partial charge in [0.25, 0.3) is 0 Å². The topological polar surface area (TPSA) is 70.6 Å². The highest BCUT2D eigenvalue weighted by molar-refractivity contribution is 5.90. The third-order valence-corrected chi connectivity index (χ3v) is 4.00. The van der Waals surface area contributed by atoms with Crippen molar-refractivity contribution in [3.8, 4) is 5.75 Å². The molecule has 1 aliphatic rings. The number of halogens is 3. The molecule has 2 atom stereocenters. The maximum Gasteiger partial charge on any atom is 0.418 e. The molecule has 0 spiro atoms. The molecule has 1 fully saturated rings. The molecule has 2 rings (SSSR count). The monoisotopic (exact) mass is 346 g/mol. The lowest BCUT2D eigenvalue weighted by Gasteiger charge is -2.18. The van der Waals surface area contributed by atoms with Gasteiger partial charge in [0.1, 0.15) is 5.75 Å². The first-order valence-corrected chi connectivity index (χ1v) is 7.88. The second-order valence-corrected chi connectivity index (χ2v) is 5.73. The molecule has 2 amide bonds. The first-order valence-electron chi connectivity index (χ1n) is 7.88. The van der Waals surface area contributed by atoms with Crippen LogP contribution in [0.3, 0.4) is 0 Å². The Bertz CT molecular complexity index is 578. The molecule has 1 aromatic rings. The molecule has 0 unspecified atom stereocenters. The Morgan fingerprint density at radius 3 is 2.71 bits per heavy atom. The number of amides is 2. The smallest absolute Gasteiger partial charge is 0.418 e. The highest BCUT2D eigenvalue weighted by Gasteiger charge is 2.34. The first kappa shape index (κ1) is 18.4. The molecule has 134 valence electrons. The fourth-order valence-corrected chi connectivity index (χ4v) is 2.77. The molecule has 0 aromatic heterocycles. The molecule has 1 aliphatic carbocycles. The Labute approximate surface area is 138 Å². The van der Waals surface area contributed by atoms with Gasteiger partial charge in [-0.05, 0) is 38.0 Å². The molecule has 0 bridgehead atoms. The Morgan fingerprint density at radius 2 is 2.12 bits per heavy atom. The summed E-state index contributed by atoms with van der Waals surface area (Å²) in [6, 6.07) is 2.66. The van der Waals surface area contributed by atoms with Gasteiger partial charge in [-0.25, -0.2) is 4.79 Å². The molecule has 5 nitrogen and oxygen atoms in total. The highest BCUT2D eigenvalue weighted by Crippen LogP contribution is 2.37. The van der Waals surface area contributed by atoms with E-state index in [-0.39, 0.29) is 30.5 Å². The molecular weight excluding hydrogens is 325 g/mol. The van der Waals surface area contributed by atoms with Crippen LogP contribution in [0.2, 0.25) is 0 Å². The van der Waals surface area contributed by atoms with Gasteiger partial charge < -0.3 is 20.5 Å². The number of anilines is 1. The van der Waals surface area contributed by atoms with Gasteiger partial charge >= 0.3 is 12.2 Å². The van der Waals surface area contributed by atoms with Gasteiger partial charge in [-0.1, -0.05) is 6.42 Å². The number of alkyl halides is 3. The summed E-state index contributed by atoms with van der Waals surface area (Å²) in [4.78, 5) is 11.9. The molecule has 0 aliphatic heterocycles. The van der Waals surface area contributed by atoms with E-state index in [4.69, 9.17) is 4.74 Å². The van der Waals surface area contributed by atoms with Crippen molar-refractivity contribution in [3.63, 3.8) is 0 Å². The van der Waals surface area contributed by atoms with Gasteiger partial charge in [0.2, 0.25) is 0 Å². The van der Waals surface area contributed by atoms with Crippen LogP contribution in [0, 0.1) is 5.92 Å². The second-order valence-electron chi connectivity index (χ2n) is 5.73. The SMILES string of the molecule is CCOc1ccc(NC(=O)NC[C@@H]2CCC[C@@H]2O)c(C(F)(F)F)c1. The summed E-state index contributed by atoms with van der Waals surface area (Å²) in [5.74, 6) is 0.0306. The van der Waals surface area contributed by atoms with Crippen LogP contribution in [0.15, 0.2) is 18.2 Å². The first-order chi connectivity index (χ1) is 11.3. The fraction of sp³-hybridized carbons (Fsp3) is 0.562. The van der Waals surface area contributed by atoms with E-state index < -0.39 is 23.9 Å². The maximum atomic E-state index is 13.1. The number of urea groups is 1. The molecule has 3 N–H and O–H groups in total. The van der Waals surface area contributed by atoms with Gasteiger partial charge in [0, 0.05) is 12.5 Å². The largest absolute Gasteiger partial charge is 0.494 e. The standard InChI is InChI=1S/C16H21F3N2O3/c1-2-24-11-6-7-13(12(8-11)16(17,18)19)21-15(23)20-9-10-4-3-5-14(10)22/h6-8,10,14,22H,2-5,9H2,1H3,(H2,20,21,23)/t10-,14-/m0/s1. The average Bonchev–Trinajstić information content (AvgIpc) is 2.91. The van der Waals surface area contributed by atoms with E-state index in [0.717, 1.165) is 25.0 Å². The van der Waals surface area contributed by atoms with Crippen LogP contribution in [-0.4, -0.2) is 30.4 Å². The fourth-order valence-electron chi connectivity index (χ4n) is 2.77. The molecule has 0 heterocycles. The summed E-state index contributed by atoms with van der Waals surface area (Å²) in [6.07, 6.45) is -2.73. The third kappa shape index (κ3) is 4.77. The lowest BCUT2D eigenvalue weighted by molar-refractivity contribution is -0.137. The van der Waals surface area contributed by atoms with E-state index in [1.54, 1.807) is 6.92 Å². The zero-order chi connectivity index (χ0) is 17.7. The van der Waals surface area contributed by atoms with Crippen LogP contribution in [0.5, 0.6) is 5.75 Å². The van der Waals surface area contributed by atoms with Crippen molar-refractivity contribution in [2.75, 3.05) is 18.5 Å². The molecule has 8 heteroatoms. The number of ether oxygens (including phenoxy) is 1. The van der Waals surface area contributed by atoms with E-state index in [1.807, 2.05) is 0 Å². The number of carbonyl (C=O) groups is 1. The summed E-state index contributed by atoms with van der Waals surface area (Å²) in [6.45, 7) is 2.14. The van der Waals surface area contributed by atoms with Crippen LogP contribution in [0.25, 0.3) is 0 Å². The molecule has 1 aromatic carbocycles. The number of benzene rings is 1. The van der Waals surface area contributed by atoms with E-state index in [2.05, 4.69) is 10.6 Å². The van der Waals surface area contributed by atoms with Crippen molar-refractivity contribution in [3.05, 3.63) is 23.8 Å². The number of carbonyl (C=O) groups excluding carboxylic acids is 1. The second kappa shape index (κ2) is 7.74. The van der Waals surface area contributed by atoms with Crippen molar-refractivity contribution < 1.29 is 27.8 Å². The normalized spacial score (nSPS) is 20.7. The minimum Gasteiger partial charge on any atom is -0.494 e. The maximum absolute atomic E-state index is 13.1. The predicted octanol–water partition coefficient (Wildman–Crippen LogP) is 3.39. The lowest BCUT2D eigenvalue weighted by Crippen LogP contribution is -2.35. The van der Waals surface area contributed by atoms with Gasteiger partial charge in [-0.2, -0.15) is 13.2 Å². The molecule has 1 saturated carbocycles. The minimum absolute atomic E-state index is 0.0573. The van der Waals surface area contributed by atoms with Crippen molar-refractivity contribution in [1.29, 1.82) is 0 Å². The number of hydrogen-bond donors (Lipinski definition) is 3. The van der Waals surface area contributed by atoms with Gasteiger partial charge in [0.15, 0.2) is 0 Å². The predicted molar refractivity (Wildman–Crippen MR) is 83.0 cm³/mol. The third-order valence-electron chi connectivity index (χ3n) is 4.00. The summed E-state index contributed by atoms with van der Waals surface area (Å²) in [5.41, 5.74) is -1.31. The van der Waals surface area contributed by atoms with Gasteiger partial charge in [-0.3, -0.25) is 0 Å². The van der Waals surface area contributed by atoms with Crippen LogP contribution in [-0.2, 0) is 6.18 Å². The van der Waals surface area contributed by atoms with E-state index in [1.165, 1.54) is 6.07 Å². The summed E-state index contributed by atoms with van der Waals surface area (Å²) >= 11 is 0. The van der Waals surface area contributed by atoms with Gasteiger partial charge in [-0.15, -0.1) is 0 Å². The van der Waals surface area contributed by atoms with Crippen molar-refractivity contribution in [1.82, 2.24) is 5.32 Å². The zero-order valence-electron chi connectivity index (χ0n) is 13.3. The number of rotatable bonds is 5. The minimum atomic E-state index is -4.61. The Hall–Kier alpha value is -1.96. The number of nitrogens with one attached hydrogen (secondary N) is 2. The summed E-state index contributed by atoms with van der Waals surface area (Å²) < 4.78 is 44.5. The van der Waals surface area contributed by atoms with E-state index >= 15 is 0 Å². The van der Waals surface area contributed by atoms with Crippen LogP contribution < -0.4 is 15.4 Å². The quantitative estimate of drug-likeness (QED) is 0.765. The Balaban J connectivity index is 2.03. The molecule has 0 saturated heterocycles. The van der Waals surface area contributed by atoms with Crippen molar-refractivity contribution in [2.24, 2.45) is 5.92 Å². The number of aliphatic hydroxyl groups is 1. The highest BCUT2D eigenvalue weighted by atomic mass is 19.4. The van der Waals surface area contributed by atoms with Crippen LogP contribution in [0.1, 0.15) is 31.7 Å².